The molecule has 1 N–H and O–H groups in total. The van der Waals surface area contributed by atoms with Crippen molar-refractivity contribution in [2.45, 2.75) is 19.9 Å². The normalized spacial score (nSPS) is 12.5. The molecule has 0 spiro atoms. The van der Waals surface area contributed by atoms with Crippen molar-refractivity contribution in [1.82, 2.24) is 9.88 Å². The molecule has 17 heavy (non-hydrogen) atoms. The molecule has 0 saturated carbocycles. The predicted molar refractivity (Wildman–Crippen MR) is 68.5 cm³/mol. The highest BCUT2D eigenvalue weighted by Crippen LogP contribution is 2.05. The van der Waals surface area contributed by atoms with E-state index in [1.807, 2.05) is 13.8 Å². The summed E-state index contributed by atoms with van der Waals surface area (Å²) in [5, 5.41) is 2.81. The van der Waals surface area contributed by atoms with Crippen LogP contribution in [0.15, 0.2) is 23.1 Å². The van der Waals surface area contributed by atoms with Gasteiger partial charge in [0, 0.05) is 36.8 Å². The summed E-state index contributed by atoms with van der Waals surface area (Å²) in [6.07, 6.45) is 1.57. The summed E-state index contributed by atoms with van der Waals surface area (Å²) < 4.78 is 1.41. The summed E-state index contributed by atoms with van der Waals surface area (Å²) in [5.41, 5.74) is 0.161. The molecule has 1 heterocycles. The molecule has 4 nitrogen and oxygen atoms in total. The first-order valence-electron chi connectivity index (χ1n) is 5.49. The number of aryl methyl sites for hydroxylation is 1. The Bertz CT molecular complexity index is 454. The van der Waals surface area contributed by atoms with Crippen LogP contribution in [0.25, 0.3) is 0 Å². The topological polar surface area (TPSA) is 51.1 Å². The summed E-state index contributed by atoms with van der Waals surface area (Å²) in [4.78, 5) is 23.3. The zero-order valence-corrected chi connectivity index (χ0v) is 11.0. The molecule has 94 valence electrons. The maximum Gasteiger partial charge on any atom is 0.251 e. The number of nitrogens with one attached hydrogen (secondary N) is 1. The van der Waals surface area contributed by atoms with Crippen LogP contribution in [-0.4, -0.2) is 22.4 Å². The number of hydrogen-bond acceptors (Lipinski definition) is 2. The zero-order valence-electron chi connectivity index (χ0n) is 10.2. The number of carbonyl (C=O) groups is 1. The molecule has 1 amide bonds. The highest BCUT2D eigenvalue weighted by Gasteiger charge is 2.16. The SMILES string of the molecule is CC(C)C(CCl)NC(=O)c1ccn(C)c(=O)c1. The Hall–Kier alpha value is -1.29. The van der Waals surface area contributed by atoms with E-state index in [0.717, 1.165) is 0 Å². The molecule has 0 aliphatic heterocycles. The van der Waals surface area contributed by atoms with E-state index in [0.29, 0.717) is 11.4 Å². The van der Waals surface area contributed by atoms with E-state index in [-0.39, 0.29) is 23.4 Å². The minimum atomic E-state index is -0.262. The Kier molecular flexibility index (Phi) is 4.75. The fourth-order valence-electron chi connectivity index (χ4n) is 1.32. The van der Waals surface area contributed by atoms with E-state index >= 15 is 0 Å². The molecule has 5 heteroatoms. The minimum Gasteiger partial charge on any atom is -0.348 e. The van der Waals surface area contributed by atoms with E-state index in [2.05, 4.69) is 5.32 Å². The summed E-state index contributed by atoms with van der Waals surface area (Å²) in [5.74, 6) is 0.346. The third-order valence-corrected chi connectivity index (χ3v) is 2.99. The second-order valence-electron chi connectivity index (χ2n) is 4.34. The summed E-state index contributed by atoms with van der Waals surface area (Å²) in [6, 6.07) is 2.84. The Morgan fingerprint density at radius 3 is 2.65 bits per heavy atom. The maximum atomic E-state index is 11.9. The lowest BCUT2D eigenvalue weighted by molar-refractivity contribution is 0.0931. The van der Waals surface area contributed by atoms with Crippen LogP contribution >= 0.6 is 11.6 Å². The Balaban J connectivity index is 2.83. The van der Waals surface area contributed by atoms with E-state index in [9.17, 15) is 9.59 Å². The van der Waals surface area contributed by atoms with Gasteiger partial charge in [-0.2, -0.15) is 0 Å². The van der Waals surface area contributed by atoms with Crippen LogP contribution < -0.4 is 10.9 Å². The van der Waals surface area contributed by atoms with Gasteiger partial charge in [-0.1, -0.05) is 13.8 Å². The standard InChI is InChI=1S/C12H17ClN2O2/c1-8(2)10(7-13)14-12(17)9-4-5-15(3)11(16)6-9/h4-6,8,10H,7H2,1-3H3,(H,14,17). The molecule has 0 aromatic carbocycles. The number of aromatic nitrogens is 1. The van der Waals surface area contributed by atoms with E-state index in [4.69, 9.17) is 11.6 Å². The highest BCUT2D eigenvalue weighted by molar-refractivity contribution is 6.18. The van der Waals surface area contributed by atoms with Gasteiger partial charge < -0.3 is 9.88 Å². The highest BCUT2D eigenvalue weighted by atomic mass is 35.5. The van der Waals surface area contributed by atoms with Gasteiger partial charge in [0.05, 0.1) is 0 Å². The van der Waals surface area contributed by atoms with Crippen LogP contribution in [-0.2, 0) is 7.05 Å². The number of nitrogens with zero attached hydrogens (tertiary/aromatic N) is 1. The van der Waals surface area contributed by atoms with Gasteiger partial charge >= 0.3 is 0 Å². The first-order chi connectivity index (χ1) is 7.95. The smallest absolute Gasteiger partial charge is 0.251 e. The third kappa shape index (κ3) is 3.60. The van der Waals surface area contributed by atoms with Crippen molar-refractivity contribution in [2.75, 3.05) is 5.88 Å². The van der Waals surface area contributed by atoms with Crippen LogP contribution in [0, 0.1) is 5.92 Å². The fraction of sp³-hybridized carbons (Fsp3) is 0.500. The van der Waals surface area contributed by atoms with Gasteiger partial charge in [-0.25, -0.2) is 0 Å². The third-order valence-electron chi connectivity index (χ3n) is 2.65. The molecule has 0 bridgehead atoms. The van der Waals surface area contributed by atoms with Crippen LogP contribution in [0.4, 0.5) is 0 Å². The van der Waals surface area contributed by atoms with E-state index in [1.165, 1.54) is 10.6 Å². The second-order valence-corrected chi connectivity index (χ2v) is 4.65. The number of amides is 1. The van der Waals surface area contributed by atoms with Gasteiger partial charge in [-0.15, -0.1) is 11.6 Å². The maximum absolute atomic E-state index is 11.9. The van der Waals surface area contributed by atoms with E-state index < -0.39 is 0 Å². The largest absolute Gasteiger partial charge is 0.348 e. The van der Waals surface area contributed by atoms with Crippen LogP contribution in [0.5, 0.6) is 0 Å². The van der Waals surface area contributed by atoms with Crippen LogP contribution in [0.1, 0.15) is 24.2 Å². The lowest BCUT2D eigenvalue weighted by Gasteiger charge is -2.19. The molecule has 1 unspecified atom stereocenters. The van der Waals surface area contributed by atoms with Crippen molar-refractivity contribution in [3.63, 3.8) is 0 Å². The van der Waals surface area contributed by atoms with E-state index in [1.54, 1.807) is 19.3 Å². The van der Waals surface area contributed by atoms with Crippen molar-refractivity contribution in [2.24, 2.45) is 13.0 Å². The molecule has 1 aromatic heterocycles. The molecule has 0 aliphatic rings. The average Bonchev–Trinajstić information content (AvgIpc) is 2.28. The van der Waals surface area contributed by atoms with Crippen molar-refractivity contribution < 1.29 is 4.79 Å². The van der Waals surface area contributed by atoms with Gasteiger partial charge in [-0.05, 0) is 12.0 Å². The van der Waals surface area contributed by atoms with Crippen LogP contribution in [0.2, 0.25) is 0 Å². The second kappa shape index (κ2) is 5.87. The zero-order chi connectivity index (χ0) is 13.0. The Labute approximate surface area is 106 Å². The van der Waals surface area contributed by atoms with Crippen molar-refractivity contribution in [1.29, 1.82) is 0 Å². The molecule has 0 aliphatic carbocycles. The molecule has 0 fully saturated rings. The van der Waals surface area contributed by atoms with Crippen molar-refractivity contribution in [3.05, 3.63) is 34.2 Å². The number of halogens is 1. The fourth-order valence-corrected chi connectivity index (χ4v) is 1.76. The summed E-state index contributed by atoms with van der Waals surface area (Å²) in [6.45, 7) is 3.97. The van der Waals surface area contributed by atoms with Gasteiger partial charge in [0.1, 0.15) is 0 Å². The molecule has 0 radical (unpaired) electrons. The number of carbonyl (C=O) groups excluding carboxylic acids is 1. The molecular weight excluding hydrogens is 240 g/mol. The Morgan fingerprint density at radius 1 is 1.53 bits per heavy atom. The number of rotatable bonds is 4. The minimum absolute atomic E-state index is 0.0896. The average molecular weight is 257 g/mol. The molecule has 1 aromatic rings. The number of hydrogen-bond donors (Lipinski definition) is 1. The predicted octanol–water partition coefficient (Wildman–Crippen LogP) is 1.38. The van der Waals surface area contributed by atoms with Crippen LogP contribution in [0.3, 0.4) is 0 Å². The van der Waals surface area contributed by atoms with Crippen molar-refractivity contribution >= 4 is 17.5 Å². The first-order valence-corrected chi connectivity index (χ1v) is 6.02. The monoisotopic (exact) mass is 256 g/mol. The number of alkyl halides is 1. The first kappa shape index (κ1) is 13.8. The lowest BCUT2D eigenvalue weighted by Crippen LogP contribution is -2.40. The van der Waals surface area contributed by atoms with Gasteiger partial charge in [0.2, 0.25) is 0 Å². The quantitative estimate of drug-likeness (QED) is 0.828. The summed E-state index contributed by atoms with van der Waals surface area (Å²) >= 11 is 5.77. The van der Waals surface area contributed by atoms with Gasteiger partial charge in [0.15, 0.2) is 0 Å². The Morgan fingerprint density at radius 2 is 2.18 bits per heavy atom. The molecule has 1 rings (SSSR count). The van der Waals surface area contributed by atoms with Crippen molar-refractivity contribution in [3.8, 4) is 0 Å². The number of pyridine rings is 1. The summed E-state index contributed by atoms with van der Waals surface area (Å²) in [7, 11) is 1.64. The molecule has 1 atom stereocenters. The molecular formula is C12H17ClN2O2. The van der Waals surface area contributed by atoms with Gasteiger partial charge in [0.25, 0.3) is 11.5 Å². The van der Waals surface area contributed by atoms with Gasteiger partial charge in [-0.3, -0.25) is 9.59 Å². The molecule has 0 saturated heterocycles. The lowest BCUT2D eigenvalue weighted by atomic mass is 10.1.